The molecule has 6 rings (SSSR count). The second-order valence-electron chi connectivity index (χ2n) is 9.01. The molecule has 0 radical (unpaired) electrons. The summed E-state index contributed by atoms with van der Waals surface area (Å²) >= 11 is 0. The molecule has 0 unspecified atom stereocenters. The van der Waals surface area contributed by atoms with Crippen molar-refractivity contribution in [2.24, 2.45) is 17.8 Å². The predicted molar refractivity (Wildman–Crippen MR) is 103 cm³/mol. The highest BCUT2D eigenvalue weighted by Gasteiger charge is 2.50. The quantitative estimate of drug-likeness (QED) is 0.839. The number of nitrogens with zero attached hydrogens (tertiary/aromatic N) is 3. The van der Waals surface area contributed by atoms with Gasteiger partial charge in [0.1, 0.15) is 11.4 Å². The highest BCUT2D eigenvalue weighted by atomic mass is 15.5. The molecule has 0 aliphatic heterocycles. The van der Waals surface area contributed by atoms with E-state index in [-0.39, 0.29) is 0 Å². The van der Waals surface area contributed by atoms with Crippen LogP contribution in [0.5, 0.6) is 0 Å². The van der Waals surface area contributed by atoms with Crippen molar-refractivity contribution in [2.75, 3.05) is 0 Å². The maximum atomic E-state index is 4.84. The summed E-state index contributed by atoms with van der Waals surface area (Å²) in [5.74, 6) is 2.91. The van der Waals surface area contributed by atoms with E-state index >= 15 is 0 Å². The maximum Gasteiger partial charge on any atom is 0.117 e. The Hall–Kier alpha value is -1.68. The Morgan fingerprint density at radius 2 is 1.65 bits per heavy atom. The van der Waals surface area contributed by atoms with Gasteiger partial charge in [-0.3, -0.25) is 0 Å². The molecule has 1 heterocycles. The molecule has 2 aromatic rings. The molecule has 138 valence electrons. The summed E-state index contributed by atoms with van der Waals surface area (Å²) in [7, 11) is 0. The van der Waals surface area contributed by atoms with E-state index in [9.17, 15) is 0 Å². The van der Waals surface area contributed by atoms with Gasteiger partial charge in [-0.25, -0.2) is 0 Å². The molecule has 4 bridgehead atoms. The SMILES string of the molecule is CCCn1nc(CNC23CC4CC(CC(C4)C2)C3)c(-c2ccccc2)n1. The fourth-order valence-corrected chi connectivity index (χ4v) is 6.22. The molecule has 0 atom stereocenters. The number of aryl methyl sites for hydroxylation is 1. The fourth-order valence-electron chi connectivity index (χ4n) is 6.22. The van der Waals surface area contributed by atoms with Crippen molar-refractivity contribution in [1.29, 1.82) is 0 Å². The largest absolute Gasteiger partial charge is 0.305 e. The lowest BCUT2D eigenvalue weighted by Gasteiger charge is -2.57. The van der Waals surface area contributed by atoms with Crippen molar-refractivity contribution < 1.29 is 0 Å². The average Bonchev–Trinajstić information content (AvgIpc) is 3.03. The van der Waals surface area contributed by atoms with Crippen LogP contribution in [0.1, 0.15) is 57.6 Å². The molecule has 4 heteroatoms. The molecule has 0 amide bonds. The van der Waals surface area contributed by atoms with E-state index in [1.165, 1.54) is 44.1 Å². The second kappa shape index (κ2) is 6.49. The second-order valence-corrected chi connectivity index (χ2v) is 9.01. The molecule has 1 aromatic carbocycles. The van der Waals surface area contributed by atoms with Crippen LogP contribution >= 0.6 is 0 Å². The van der Waals surface area contributed by atoms with E-state index in [1.807, 2.05) is 4.80 Å². The van der Waals surface area contributed by atoms with Crippen molar-refractivity contribution in [3.8, 4) is 11.3 Å². The Labute approximate surface area is 156 Å². The summed E-state index contributed by atoms with van der Waals surface area (Å²) in [5.41, 5.74) is 3.71. The molecule has 26 heavy (non-hydrogen) atoms. The van der Waals surface area contributed by atoms with Crippen LogP contribution in [0.3, 0.4) is 0 Å². The summed E-state index contributed by atoms with van der Waals surface area (Å²) in [4.78, 5) is 1.89. The number of rotatable bonds is 6. The number of hydrogen-bond donors (Lipinski definition) is 1. The van der Waals surface area contributed by atoms with Crippen molar-refractivity contribution in [3.63, 3.8) is 0 Å². The predicted octanol–water partition coefficient (Wildman–Crippen LogP) is 4.41. The third-order valence-electron chi connectivity index (χ3n) is 6.86. The van der Waals surface area contributed by atoms with Crippen LogP contribution < -0.4 is 5.32 Å². The minimum atomic E-state index is 0.372. The number of aromatic nitrogens is 3. The van der Waals surface area contributed by atoms with Gasteiger partial charge in [0.2, 0.25) is 0 Å². The van der Waals surface area contributed by atoms with Gasteiger partial charge in [-0.2, -0.15) is 15.0 Å². The van der Waals surface area contributed by atoms with Gasteiger partial charge < -0.3 is 5.32 Å². The number of benzene rings is 1. The molecule has 0 saturated heterocycles. The van der Waals surface area contributed by atoms with Crippen molar-refractivity contribution in [1.82, 2.24) is 20.3 Å². The minimum Gasteiger partial charge on any atom is -0.305 e. The van der Waals surface area contributed by atoms with Crippen LogP contribution in [0.25, 0.3) is 11.3 Å². The smallest absolute Gasteiger partial charge is 0.117 e. The van der Waals surface area contributed by atoms with Gasteiger partial charge in [-0.1, -0.05) is 37.3 Å². The number of hydrogen-bond acceptors (Lipinski definition) is 3. The van der Waals surface area contributed by atoms with Crippen LogP contribution in [-0.4, -0.2) is 20.5 Å². The van der Waals surface area contributed by atoms with Crippen LogP contribution in [0, 0.1) is 17.8 Å². The Kier molecular flexibility index (Phi) is 4.11. The zero-order valence-electron chi connectivity index (χ0n) is 15.8. The molecular weight excluding hydrogens is 320 g/mol. The highest BCUT2D eigenvalue weighted by molar-refractivity contribution is 5.60. The topological polar surface area (TPSA) is 42.7 Å². The monoisotopic (exact) mass is 350 g/mol. The van der Waals surface area contributed by atoms with Crippen LogP contribution in [0.4, 0.5) is 0 Å². The Balaban J connectivity index is 1.38. The van der Waals surface area contributed by atoms with Crippen LogP contribution in [-0.2, 0) is 13.1 Å². The average molecular weight is 351 g/mol. The molecular formula is C22H30N4. The lowest BCUT2D eigenvalue weighted by Crippen LogP contribution is -2.58. The van der Waals surface area contributed by atoms with Crippen molar-refractivity contribution in [2.45, 2.75) is 70.5 Å². The standard InChI is InChI=1S/C22H30N4/c1-2-8-26-24-20(21(25-26)19-6-4-3-5-7-19)15-23-22-12-16-9-17(13-22)11-18(10-16)14-22/h3-7,16-18,23H,2,8-15H2,1H3. The molecule has 4 fully saturated rings. The fraction of sp³-hybridized carbons (Fsp3) is 0.636. The Bertz CT molecular complexity index is 728. The molecule has 4 saturated carbocycles. The number of nitrogens with one attached hydrogen (secondary N) is 1. The van der Waals surface area contributed by atoms with Crippen LogP contribution in [0.15, 0.2) is 30.3 Å². The third-order valence-corrected chi connectivity index (χ3v) is 6.86. The first-order chi connectivity index (χ1) is 12.7. The van der Waals surface area contributed by atoms with Crippen molar-refractivity contribution >= 4 is 0 Å². The summed E-state index contributed by atoms with van der Waals surface area (Å²) < 4.78 is 0. The van der Waals surface area contributed by atoms with Gasteiger partial charge in [-0.05, 0) is 62.7 Å². The molecule has 0 spiro atoms. The normalized spacial score (nSPS) is 32.3. The molecule has 4 aliphatic rings. The Morgan fingerprint density at radius 1 is 1.00 bits per heavy atom. The lowest BCUT2D eigenvalue weighted by molar-refractivity contribution is -0.0207. The van der Waals surface area contributed by atoms with Gasteiger partial charge in [-0.15, -0.1) is 0 Å². The lowest BCUT2D eigenvalue weighted by atomic mass is 9.53. The third kappa shape index (κ3) is 2.98. The summed E-state index contributed by atoms with van der Waals surface area (Å²) in [5, 5.41) is 13.6. The molecule has 1 N–H and O–H groups in total. The van der Waals surface area contributed by atoms with Crippen molar-refractivity contribution in [3.05, 3.63) is 36.0 Å². The summed E-state index contributed by atoms with van der Waals surface area (Å²) in [6, 6.07) is 10.5. The van der Waals surface area contributed by atoms with E-state index in [0.29, 0.717) is 5.54 Å². The first kappa shape index (κ1) is 16.5. The first-order valence-electron chi connectivity index (χ1n) is 10.5. The molecule has 4 nitrogen and oxygen atoms in total. The van der Waals surface area contributed by atoms with Gasteiger partial charge in [0.05, 0.1) is 6.54 Å². The molecule has 4 aliphatic carbocycles. The summed E-state index contributed by atoms with van der Waals surface area (Å²) in [6.07, 6.45) is 9.66. The van der Waals surface area contributed by atoms with E-state index in [1.54, 1.807) is 0 Å². The van der Waals surface area contributed by atoms with E-state index in [0.717, 1.165) is 48.7 Å². The zero-order chi connectivity index (χ0) is 17.6. The maximum absolute atomic E-state index is 4.84. The van der Waals surface area contributed by atoms with Crippen LogP contribution in [0.2, 0.25) is 0 Å². The van der Waals surface area contributed by atoms with E-state index < -0.39 is 0 Å². The van der Waals surface area contributed by atoms with E-state index in [2.05, 4.69) is 42.6 Å². The van der Waals surface area contributed by atoms with E-state index in [4.69, 9.17) is 10.2 Å². The molecule has 1 aromatic heterocycles. The van der Waals surface area contributed by atoms with Gasteiger partial charge in [0.25, 0.3) is 0 Å². The first-order valence-corrected chi connectivity index (χ1v) is 10.5. The highest BCUT2D eigenvalue weighted by Crippen LogP contribution is 2.55. The minimum absolute atomic E-state index is 0.372. The Morgan fingerprint density at radius 3 is 2.27 bits per heavy atom. The summed E-state index contributed by atoms with van der Waals surface area (Å²) in [6.45, 7) is 3.91. The zero-order valence-corrected chi connectivity index (χ0v) is 15.8. The van der Waals surface area contributed by atoms with Gasteiger partial charge in [0, 0.05) is 17.6 Å². The van der Waals surface area contributed by atoms with Gasteiger partial charge in [0.15, 0.2) is 0 Å². The van der Waals surface area contributed by atoms with Gasteiger partial charge >= 0.3 is 0 Å².